The predicted molar refractivity (Wildman–Crippen MR) is 75.7 cm³/mol. The van der Waals surface area contributed by atoms with Gasteiger partial charge in [-0.2, -0.15) is 0 Å². The van der Waals surface area contributed by atoms with E-state index in [1.54, 1.807) is 0 Å². The van der Waals surface area contributed by atoms with E-state index in [1.807, 2.05) is 4.90 Å². The summed E-state index contributed by atoms with van der Waals surface area (Å²) in [6, 6.07) is 0. The molecule has 0 aromatic heterocycles. The quantitative estimate of drug-likeness (QED) is 0.849. The molecular weight excluding hydrogens is 240 g/mol. The molecule has 4 heteroatoms. The smallest absolute Gasteiger partial charge is 0.226 e. The highest BCUT2D eigenvalue weighted by molar-refractivity contribution is 5.79. The molecule has 1 saturated heterocycles. The fraction of sp³-hybridized carbons (Fsp3) is 0.933. The minimum atomic E-state index is -0.157. The molecule has 1 amide bonds. The van der Waals surface area contributed by atoms with E-state index in [0.29, 0.717) is 25.0 Å². The number of amides is 1. The Kier molecular flexibility index (Phi) is 4.85. The van der Waals surface area contributed by atoms with E-state index in [9.17, 15) is 4.79 Å². The Bertz CT molecular complexity index is 315. The van der Waals surface area contributed by atoms with Gasteiger partial charge in [-0.1, -0.05) is 12.8 Å². The molecule has 2 fully saturated rings. The fourth-order valence-electron chi connectivity index (χ4n) is 3.50. The first kappa shape index (κ1) is 14.8. The van der Waals surface area contributed by atoms with E-state index in [0.717, 1.165) is 32.4 Å². The van der Waals surface area contributed by atoms with Crippen molar-refractivity contribution in [2.75, 3.05) is 26.3 Å². The zero-order valence-corrected chi connectivity index (χ0v) is 12.4. The first-order valence-electron chi connectivity index (χ1n) is 7.64. The monoisotopic (exact) mass is 268 g/mol. The third-order valence-electron chi connectivity index (χ3n) is 4.62. The van der Waals surface area contributed by atoms with Crippen LogP contribution < -0.4 is 5.73 Å². The van der Waals surface area contributed by atoms with Crippen LogP contribution in [0.25, 0.3) is 0 Å². The highest BCUT2D eigenvalue weighted by atomic mass is 16.5. The van der Waals surface area contributed by atoms with Crippen LogP contribution in [0.1, 0.15) is 46.0 Å². The van der Waals surface area contributed by atoms with Gasteiger partial charge in [-0.25, -0.2) is 0 Å². The Morgan fingerprint density at radius 2 is 2.21 bits per heavy atom. The molecule has 2 aliphatic rings. The highest BCUT2D eigenvalue weighted by Crippen LogP contribution is 2.33. The lowest BCUT2D eigenvalue weighted by Crippen LogP contribution is -2.57. The van der Waals surface area contributed by atoms with Gasteiger partial charge in [0.1, 0.15) is 0 Å². The van der Waals surface area contributed by atoms with Crippen LogP contribution in [0.5, 0.6) is 0 Å². The van der Waals surface area contributed by atoms with Gasteiger partial charge in [-0.15, -0.1) is 0 Å². The van der Waals surface area contributed by atoms with Gasteiger partial charge in [0.15, 0.2) is 0 Å². The molecule has 1 heterocycles. The molecule has 2 unspecified atom stereocenters. The molecule has 2 atom stereocenters. The number of carbonyl (C=O) groups is 1. The van der Waals surface area contributed by atoms with Gasteiger partial charge in [0.25, 0.3) is 0 Å². The Morgan fingerprint density at radius 3 is 2.89 bits per heavy atom. The van der Waals surface area contributed by atoms with E-state index in [1.165, 1.54) is 12.8 Å². The molecule has 0 aromatic carbocycles. The largest absolute Gasteiger partial charge is 0.377 e. The average molecular weight is 268 g/mol. The number of carbonyl (C=O) groups excluding carboxylic acids is 1. The average Bonchev–Trinajstić information content (AvgIpc) is 2.38. The van der Waals surface area contributed by atoms with Crippen LogP contribution >= 0.6 is 0 Å². The summed E-state index contributed by atoms with van der Waals surface area (Å²) in [5, 5.41) is 0. The summed E-state index contributed by atoms with van der Waals surface area (Å²) in [7, 11) is 0. The molecule has 0 aromatic rings. The minimum Gasteiger partial charge on any atom is -0.377 e. The maximum Gasteiger partial charge on any atom is 0.226 e. The third kappa shape index (κ3) is 3.48. The lowest BCUT2D eigenvalue weighted by molar-refractivity contribution is -0.152. The number of nitrogens with two attached hydrogens (primary N) is 1. The highest BCUT2D eigenvalue weighted by Gasteiger charge is 2.38. The maximum absolute atomic E-state index is 12.8. The normalized spacial score (nSPS) is 31.2. The van der Waals surface area contributed by atoms with Crippen molar-refractivity contribution in [1.29, 1.82) is 0 Å². The van der Waals surface area contributed by atoms with Crippen molar-refractivity contribution in [2.45, 2.75) is 51.5 Å². The molecule has 19 heavy (non-hydrogen) atoms. The van der Waals surface area contributed by atoms with Gasteiger partial charge in [-0.3, -0.25) is 4.79 Å². The van der Waals surface area contributed by atoms with Crippen molar-refractivity contribution < 1.29 is 9.53 Å². The molecule has 1 aliphatic heterocycles. The molecule has 1 aliphatic carbocycles. The second-order valence-corrected chi connectivity index (χ2v) is 6.66. The van der Waals surface area contributed by atoms with Gasteiger partial charge in [0.05, 0.1) is 18.8 Å². The molecule has 110 valence electrons. The van der Waals surface area contributed by atoms with Crippen LogP contribution in [0.2, 0.25) is 0 Å². The number of rotatable bonds is 3. The molecule has 1 saturated carbocycles. The van der Waals surface area contributed by atoms with Crippen molar-refractivity contribution in [3.05, 3.63) is 0 Å². The van der Waals surface area contributed by atoms with Crippen molar-refractivity contribution in [3.8, 4) is 0 Å². The van der Waals surface area contributed by atoms with E-state index in [4.69, 9.17) is 10.5 Å². The summed E-state index contributed by atoms with van der Waals surface area (Å²) in [6.45, 7) is 7.01. The van der Waals surface area contributed by atoms with Gasteiger partial charge < -0.3 is 15.4 Å². The second kappa shape index (κ2) is 6.23. The van der Waals surface area contributed by atoms with E-state index >= 15 is 0 Å². The zero-order chi connectivity index (χ0) is 13.9. The van der Waals surface area contributed by atoms with Crippen LogP contribution in [0.15, 0.2) is 0 Å². The Hall–Kier alpha value is -0.610. The molecule has 0 bridgehead atoms. The van der Waals surface area contributed by atoms with Crippen LogP contribution in [-0.2, 0) is 9.53 Å². The summed E-state index contributed by atoms with van der Waals surface area (Å²) in [5.74, 6) is 1.20. The Morgan fingerprint density at radius 1 is 1.42 bits per heavy atom. The summed E-state index contributed by atoms with van der Waals surface area (Å²) < 4.78 is 5.50. The lowest BCUT2D eigenvalue weighted by atomic mass is 9.78. The van der Waals surface area contributed by atoms with Crippen LogP contribution in [0.3, 0.4) is 0 Å². The van der Waals surface area contributed by atoms with Gasteiger partial charge in [0, 0.05) is 12.5 Å². The molecule has 2 rings (SSSR count). The van der Waals surface area contributed by atoms with E-state index in [2.05, 4.69) is 13.8 Å². The van der Waals surface area contributed by atoms with Gasteiger partial charge in [0.2, 0.25) is 5.91 Å². The molecule has 0 spiro atoms. The number of hydrogen-bond donors (Lipinski definition) is 1. The molecule has 4 nitrogen and oxygen atoms in total. The standard InChI is InChI=1S/C15H28N2O2/c1-15(2)11-19-9-8-17(15)14(18)13-5-3-4-12(10-13)6-7-16/h12-13H,3-11,16H2,1-2H3. The number of nitrogens with zero attached hydrogens (tertiary/aromatic N) is 1. The number of hydrogen-bond acceptors (Lipinski definition) is 3. The first-order valence-corrected chi connectivity index (χ1v) is 7.64. The van der Waals surface area contributed by atoms with Crippen LogP contribution in [0, 0.1) is 11.8 Å². The third-order valence-corrected chi connectivity index (χ3v) is 4.62. The maximum atomic E-state index is 12.8. The minimum absolute atomic E-state index is 0.157. The summed E-state index contributed by atoms with van der Waals surface area (Å²) in [5.41, 5.74) is 5.50. The predicted octanol–water partition coefficient (Wildman–Crippen LogP) is 1.78. The molecule has 0 radical (unpaired) electrons. The van der Waals surface area contributed by atoms with Crippen molar-refractivity contribution in [2.24, 2.45) is 17.6 Å². The van der Waals surface area contributed by atoms with E-state index < -0.39 is 0 Å². The van der Waals surface area contributed by atoms with Gasteiger partial charge in [-0.05, 0) is 45.6 Å². The van der Waals surface area contributed by atoms with Crippen molar-refractivity contribution in [3.63, 3.8) is 0 Å². The first-order chi connectivity index (χ1) is 9.04. The topological polar surface area (TPSA) is 55.6 Å². The zero-order valence-electron chi connectivity index (χ0n) is 12.4. The second-order valence-electron chi connectivity index (χ2n) is 6.66. The number of morpholine rings is 1. The van der Waals surface area contributed by atoms with Crippen molar-refractivity contribution >= 4 is 5.91 Å². The van der Waals surface area contributed by atoms with Crippen LogP contribution in [-0.4, -0.2) is 42.6 Å². The Labute approximate surface area is 116 Å². The van der Waals surface area contributed by atoms with E-state index in [-0.39, 0.29) is 11.5 Å². The molecular formula is C15H28N2O2. The lowest BCUT2D eigenvalue weighted by Gasteiger charge is -2.44. The number of ether oxygens (including phenoxy) is 1. The SMILES string of the molecule is CC1(C)COCCN1C(=O)C1CCCC(CCN)C1. The summed E-state index contributed by atoms with van der Waals surface area (Å²) in [6.07, 6.45) is 5.56. The van der Waals surface area contributed by atoms with Crippen LogP contribution in [0.4, 0.5) is 0 Å². The molecule has 2 N–H and O–H groups in total. The fourth-order valence-corrected chi connectivity index (χ4v) is 3.50. The summed E-state index contributed by atoms with van der Waals surface area (Å²) >= 11 is 0. The summed E-state index contributed by atoms with van der Waals surface area (Å²) in [4.78, 5) is 14.8. The van der Waals surface area contributed by atoms with Crippen molar-refractivity contribution in [1.82, 2.24) is 4.90 Å². The van der Waals surface area contributed by atoms with Gasteiger partial charge >= 0.3 is 0 Å². The Balaban J connectivity index is 1.98.